The minimum Gasteiger partial charge on any atom is -0.368 e. The molecule has 2 heterocycles. The minimum absolute atomic E-state index is 0.872. The summed E-state index contributed by atoms with van der Waals surface area (Å²) in [5.74, 6) is 1.95. The van der Waals surface area contributed by atoms with E-state index in [2.05, 4.69) is 63.9 Å². The molecule has 0 bridgehead atoms. The van der Waals surface area contributed by atoms with Crippen LogP contribution in [0.15, 0.2) is 30.3 Å². The molecule has 3 rings (SSSR count). The molecule has 1 fully saturated rings. The third-order valence-corrected chi connectivity index (χ3v) is 4.55. The smallest absolute Gasteiger partial charge is 0.132 e. The second-order valence-electron chi connectivity index (χ2n) is 6.11. The van der Waals surface area contributed by atoms with E-state index in [0.29, 0.717) is 0 Å². The fourth-order valence-electron chi connectivity index (χ4n) is 3.09. The van der Waals surface area contributed by atoms with Crippen LogP contribution in [0.4, 0.5) is 11.5 Å². The summed E-state index contributed by atoms with van der Waals surface area (Å²) >= 11 is 0. The fraction of sp³-hybridized carbons (Fsp3) is 0.474. The summed E-state index contributed by atoms with van der Waals surface area (Å²) in [5, 5.41) is 0. The van der Waals surface area contributed by atoms with E-state index in [-0.39, 0.29) is 0 Å². The molecule has 0 aliphatic carbocycles. The number of benzene rings is 1. The van der Waals surface area contributed by atoms with Crippen LogP contribution in [0.5, 0.6) is 0 Å². The van der Waals surface area contributed by atoms with E-state index in [1.54, 1.807) is 0 Å². The van der Waals surface area contributed by atoms with Gasteiger partial charge >= 0.3 is 0 Å². The summed E-state index contributed by atoms with van der Waals surface area (Å²) in [6, 6.07) is 11.1. The number of aromatic nitrogens is 2. The predicted octanol–water partition coefficient (Wildman–Crippen LogP) is 3.24. The van der Waals surface area contributed by atoms with Crippen molar-refractivity contribution < 1.29 is 0 Å². The van der Waals surface area contributed by atoms with Crippen molar-refractivity contribution in [1.82, 2.24) is 9.97 Å². The molecule has 1 aliphatic heterocycles. The van der Waals surface area contributed by atoms with Crippen molar-refractivity contribution in [3.63, 3.8) is 0 Å². The molecule has 1 aromatic heterocycles. The van der Waals surface area contributed by atoms with Gasteiger partial charge in [-0.15, -0.1) is 0 Å². The summed E-state index contributed by atoms with van der Waals surface area (Å²) in [6.07, 6.45) is 2.06. The number of aryl methyl sites for hydroxylation is 3. The van der Waals surface area contributed by atoms with E-state index < -0.39 is 0 Å². The Hall–Kier alpha value is -2.10. The lowest BCUT2D eigenvalue weighted by atomic mass is 10.1. The summed E-state index contributed by atoms with van der Waals surface area (Å²) < 4.78 is 0. The predicted molar refractivity (Wildman–Crippen MR) is 96.4 cm³/mol. The Kier molecular flexibility index (Phi) is 4.79. The van der Waals surface area contributed by atoms with Crippen molar-refractivity contribution in [2.75, 3.05) is 36.0 Å². The molecule has 0 atom stereocenters. The molecular formula is C19H26N4. The molecule has 0 amide bonds. The van der Waals surface area contributed by atoms with E-state index in [0.717, 1.165) is 56.4 Å². The molecule has 0 saturated carbocycles. The zero-order chi connectivity index (χ0) is 16.2. The van der Waals surface area contributed by atoms with E-state index in [1.807, 2.05) is 6.92 Å². The standard InChI is InChI=1S/C19H26N4/c1-4-16-6-8-18(9-7-16)22-10-12-23(13-11-22)19-14-17(5-2)20-15(3)21-19/h6-9,14H,4-5,10-13H2,1-3H3. The van der Waals surface area contributed by atoms with Gasteiger partial charge < -0.3 is 9.80 Å². The second kappa shape index (κ2) is 6.99. The molecule has 0 unspecified atom stereocenters. The van der Waals surface area contributed by atoms with Crippen molar-refractivity contribution in [2.45, 2.75) is 33.6 Å². The minimum atomic E-state index is 0.872. The van der Waals surface area contributed by atoms with Gasteiger partial charge in [0.25, 0.3) is 0 Å². The molecule has 122 valence electrons. The molecule has 1 saturated heterocycles. The van der Waals surface area contributed by atoms with Crippen LogP contribution >= 0.6 is 0 Å². The first-order valence-corrected chi connectivity index (χ1v) is 8.63. The lowest BCUT2D eigenvalue weighted by Crippen LogP contribution is -2.47. The lowest BCUT2D eigenvalue weighted by molar-refractivity contribution is 0.644. The van der Waals surface area contributed by atoms with Crippen molar-refractivity contribution in [3.8, 4) is 0 Å². The highest BCUT2D eigenvalue weighted by Gasteiger charge is 2.19. The highest BCUT2D eigenvalue weighted by atomic mass is 15.3. The maximum atomic E-state index is 4.62. The van der Waals surface area contributed by atoms with Gasteiger partial charge in [-0.3, -0.25) is 0 Å². The van der Waals surface area contributed by atoms with Crippen LogP contribution in [0, 0.1) is 6.92 Å². The second-order valence-corrected chi connectivity index (χ2v) is 6.11. The molecule has 0 spiro atoms. The van der Waals surface area contributed by atoms with Crippen LogP contribution in [0.3, 0.4) is 0 Å². The molecule has 2 aromatic rings. The maximum Gasteiger partial charge on any atom is 0.132 e. The quantitative estimate of drug-likeness (QED) is 0.868. The van der Waals surface area contributed by atoms with Gasteiger partial charge in [0.05, 0.1) is 0 Å². The maximum absolute atomic E-state index is 4.62. The molecule has 1 aliphatic rings. The third-order valence-electron chi connectivity index (χ3n) is 4.55. The van der Waals surface area contributed by atoms with Gasteiger partial charge in [0.15, 0.2) is 0 Å². The van der Waals surface area contributed by atoms with Gasteiger partial charge in [-0.25, -0.2) is 9.97 Å². The van der Waals surface area contributed by atoms with Crippen LogP contribution in [0.1, 0.15) is 30.9 Å². The van der Waals surface area contributed by atoms with Gasteiger partial charge in [-0.2, -0.15) is 0 Å². The third kappa shape index (κ3) is 3.63. The van der Waals surface area contributed by atoms with Crippen LogP contribution in [0.2, 0.25) is 0 Å². The van der Waals surface area contributed by atoms with Gasteiger partial charge in [0.1, 0.15) is 11.6 Å². The normalized spacial score (nSPS) is 15.1. The van der Waals surface area contributed by atoms with Gasteiger partial charge in [0, 0.05) is 43.6 Å². The molecule has 1 aromatic carbocycles. The Balaban J connectivity index is 1.67. The van der Waals surface area contributed by atoms with Gasteiger partial charge in [-0.1, -0.05) is 26.0 Å². The Morgan fingerprint density at radius 2 is 1.52 bits per heavy atom. The highest BCUT2D eigenvalue weighted by molar-refractivity contribution is 5.50. The topological polar surface area (TPSA) is 32.3 Å². The molecule has 0 N–H and O–H groups in total. The summed E-state index contributed by atoms with van der Waals surface area (Å²) in [4.78, 5) is 13.9. The number of rotatable bonds is 4. The van der Waals surface area contributed by atoms with Gasteiger partial charge in [-0.05, 0) is 37.5 Å². The molecular weight excluding hydrogens is 284 g/mol. The van der Waals surface area contributed by atoms with Crippen molar-refractivity contribution in [1.29, 1.82) is 0 Å². The van der Waals surface area contributed by atoms with Crippen LogP contribution in [-0.4, -0.2) is 36.1 Å². The average molecular weight is 310 g/mol. The first kappa shape index (κ1) is 15.8. The van der Waals surface area contributed by atoms with Crippen LogP contribution in [-0.2, 0) is 12.8 Å². The number of hydrogen-bond donors (Lipinski definition) is 0. The largest absolute Gasteiger partial charge is 0.368 e. The first-order valence-electron chi connectivity index (χ1n) is 8.63. The zero-order valence-corrected chi connectivity index (χ0v) is 14.4. The summed E-state index contributed by atoms with van der Waals surface area (Å²) in [5.41, 5.74) is 3.86. The SMILES string of the molecule is CCc1ccc(N2CCN(c3cc(CC)nc(C)n3)CC2)cc1. The van der Waals surface area contributed by atoms with Crippen molar-refractivity contribution in [3.05, 3.63) is 47.4 Å². The van der Waals surface area contributed by atoms with Crippen LogP contribution in [0.25, 0.3) is 0 Å². The van der Waals surface area contributed by atoms with Crippen molar-refractivity contribution >= 4 is 11.5 Å². The molecule has 4 nitrogen and oxygen atoms in total. The number of hydrogen-bond acceptors (Lipinski definition) is 4. The Morgan fingerprint density at radius 3 is 2.13 bits per heavy atom. The summed E-state index contributed by atoms with van der Waals surface area (Å²) in [7, 11) is 0. The van der Waals surface area contributed by atoms with Gasteiger partial charge in [0.2, 0.25) is 0 Å². The van der Waals surface area contributed by atoms with E-state index in [9.17, 15) is 0 Å². The molecule has 4 heteroatoms. The first-order chi connectivity index (χ1) is 11.2. The van der Waals surface area contributed by atoms with E-state index in [1.165, 1.54) is 11.3 Å². The van der Waals surface area contributed by atoms with Crippen molar-refractivity contribution in [2.24, 2.45) is 0 Å². The highest BCUT2D eigenvalue weighted by Crippen LogP contribution is 2.20. The Morgan fingerprint density at radius 1 is 0.870 bits per heavy atom. The average Bonchev–Trinajstić information content (AvgIpc) is 2.61. The Labute approximate surface area is 139 Å². The number of nitrogens with zero attached hydrogens (tertiary/aromatic N) is 4. The monoisotopic (exact) mass is 310 g/mol. The van der Waals surface area contributed by atoms with E-state index >= 15 is 0 Å². The lowest BCUT2D eigenvalue weighted by Gasteiger charge is -2.37. The Bertz CT molecular complexity index is 643. The zero-order valence-electron chi connectivity index (χ0n) is 14.4. The fourth-order valence-corrected chi connectivity index (χ4v) is 3.09. The molecule has 0 radical (unpaired) electrons. The van der Waals surface area contributed by atoms with E-state index in [4.69, 9.17) is 0 Å². The number of piperazine rings is 1. The summed E-state index contributed by atoms with van der Waals surface area (Å²) in [6.45, 7) is 10.4. The molecule has 23 heavy (non-hydrogen) atoms. The number of anilines is 2. The van der Waals surface area contributed by atoms with Crippen LogP contribution < -0.4 is 9.80 Å².